The van der Waals surface area contributed by atoms with Crippen LogP contribution in [0.2, 0.25) is 0 Å². The molecular formula is C13H18N4O2. The highest BCUT2D eigenvalue weighted by Gasteiger charge is 2.27. The maximum Gasteiger partial charge on any atom is 0.251 e. The van der Waals surface area contributed by atoms with Crippen molar-refractivity contribution in [2.75, 3.05) is 6.61 Å². The van der Waals surface area contributed by atoms with Crippen LogP contribution in [0.3, 0.4) is 0 Å². The third kappa shape index (κ3) is 2.90. The number of H-pyrrole nitrogens is 1. The van der Waals surface area contributed by atoms with Crippen LogP contribution >= 0.6 is 0 Å². The topological polar surface area (TPSA) is 79.9 Å². The second-order valence-electron chi connectivity index (χ2n) is 4.70. The summed E-state index contributed by atoms with van der Waals surface area (Å²) in [5.41, 5.74) is 0.655. The van der Waals surface area contributed by atoms with Crippen LogP contribution in [0, 0.1) is 0 Å². The number of fused-ring (bicyclic) bond motifs is 1. The van der Waals surface area contributed by atoms with Crippen molar-refractivity contribution in [2.24, 2.45) is 0 Å². The summed E-state index contributed by atoms with van der Waals surface area (Å²) >= 11 is 0. The standard InChI is InChI=1S/C13H18N4O2/c1-4-19-13(2,3)12(18)15-8-10-9-6-5-7-14-11(9)17-16-10/h5-7H,4,8H2,1-3H3,(H,15,18)(H,14,16,17). The van der Waals surface area contributed by atoms with Crippen molar-refractivity contribution in [2.45, 2.75) is 32.9 Å². The molecule has 0 atom stereocenters. The van der Waals surface area contributed by atoms with E-state index in [1.165, 1.54) is 0 Å². The van der Waals surface area contributed by atoms with Crippen molar-refractivity contribution >= 4 is 16.9 Å². The molecular weight excluding hydrogens is 244 g/mol. The lowest BCUT2D eigenvalue weighted by Gasteiger charge is -2.23. The first-order valence-electron chi connectivity index (χ1n) is 6.25. The zero-order chi connectivity index (χ0) is 13.9. The lowest BCUT2D eigenvalue weighted by molar-refractivity contribution is -0.142. The van der Waals surface area contributed by atoms with Crippen molar-refractivity contribution in [3.05, 3.63) is 24.0 Å². The first kappa shape index (κ1) is 13.5. The molecule has 0 aliphatic heterocycles. The van der Waals surface area contributed by atoms with E-state index in [1.54, 1.807) is 20.0 Å². The van der Waals surface area contributed by atoms with E-state index in [2.05, 4.69) is 20.5 Å². The molecule has 0 saturated carbocycles. The monoisotopic (exact) mass is 262 g/mol. The van der Waals surface area contributed by atoms with Crippen LogP contribution in [0.5, 0.6) is 0 Å². The number of aromatic nitrogens is 3. The molecule has 0 radical (unpaired) electrons. The molecule has 0 aliphatic carbocycles. The number of nitrogens with one attached hydrogen (secondary N) is 2. The molecule has 0 bridgehead atoms. The van der Waals surface area contributed by atoms with Gasteiger partial charge in [-0.05, 0) is 32.9 Å². The van der Waals surface area contributed by atoms with Gasteiger partial charge in [-0.1, -0.05) is 0 Å². The third-order valence-corrected chi connectivity index (χ3v) is 2.89. The van der Waals surface area contributed by atoms with E-state index in [4.69, 9.17) is 4.74 Å². The molecule has 1 amide bonds. The van der Waals surface area contributed by atoms with E-state index in [-0.39, 0.29) is 5.91 Å². The molecule has 6 nitrogen and oxygen atoms in total. The van der Waals surface area contributed by atoms with Gasteiger partial charge < -0.3 is 10.1 Å². The van der Waals surface area contributed by atoms with E-state index in [9.17, 15) is 4.79 Å². The Morgan fingerprint density at radius 1 is 1.53 bits per heavy atom. The quantitative estimate of drug-likeness (QED) is 0.853. The zero-order valence-corrected chi connectivity index (χ0v) is 11.4. The third-order valence-electron chi connectivity index (χ3n) is 2.89. The summed E-state index contributed by atoms with van der Waals surface area (Å²) < 4.78 is 5.40. The number of hydrogen-bond acceptors (Lipinski definition) is 4. The second kappa shape index (κ2) is 5.36. The number of nitrogens with zero attached hydrogens (tertiary/aromatic N) is 2. The lowest BCUT2D eigenvalue weighted by Crippen LogP contribution is -2.44. The van der Waals surface area contributed by atoms with Gasteiger partial charge in [0.25, 0.3) is 5.91 Å². The molecule has 0 fully saturated rings. The number of rotatable bonds is 5. The SMILES string of the molecule is CCOC(C)(C)C(=O)NCc1[nH]nc2ncccc12. The highest BCUT2D eigenvalue weighted by molar-refractivity contribution is 5.85. The average molecular weight is 262 g/mol. The molecule has 102 valence electrons. The van der Waals surface area contributed by atoms with E-state index in [1.807, 2.05) is 19.1 Å². The molecule has 19 heavy (non-hydrogen) atoms. The number of ether oxygens (including phenoxy) is 1. The molecule has 0 saturated heterocycles. The molecule has 2 heterocycles. The smallest absolute Gasteiger partial charge is 0.251 e. The average Bonchev–Trinajstić information content (AvgIpc) is 2.79. The summed E-state index contributed by atoms with van der Waals surface area (Å²) in [4.78, 5) is 16.1. The Hall–Kier alpha value is -1.95. The van der Waals surface area contributed by atoms with Gasteiger partial charge >= 0.3 is 0 Å². The van der Waals surface area contributed by atoms with Crippen LogP contribution < -0.4 is 5.32 Å². The van der Waals surface area contributed by atoms with Crippen molar-refractivity contribution in [3.8, 4) is 0 Å². The van der Waals surface area contributed by atoms with Gasteiger partial charge in [0, 0.05) is 18.2 Å². The van der Waals surface area contributed by atoms with Crippen LogP contribution in [-0.2, 0) is 16.1 Å². The molecule has 0 spiro atoms. The Morgan fingerprint density at radius 2 is 2.32 bits per heavy atom. The van der Waals surface area contributed by atoms with E-state index >= 15 is 0 Å². The van der Waals surface area contributed by atoms with Gasteiger partial charge in [-0.25, -0.2) is 4.98 Å². The first-order chi connectivity index (χ1) is 9.04. The van der Waals surface area contributed by atoms with Crippen molar-refractivity contribution in [3.63, 3.8) is 0 Å². The minimum atomic E-state index is -0.831. The Morgan fingerprint density at radius 3 is 3.05 bits per heavy atom. The highest BCUT2D eigenvalue weighted by Crippen LogP contribution is 2.13. The molecule has 0 unspecified atom stereocenters. The number of aromatic amines is 1. The largest absolute Gasteiger partial charge is 0.366 e. The van der Waals surface area contributed by atoms with E-state index < -0.39 is 5.60 Å². The fraction of sp³-hybridized carbons (Fsp3) is 0.462. The molecule has 0 aromatic carbocycles. The van der Waals surface area contributed by atoms with Crippen LogP contribution in [0.15, 0.2) is 18.3 Å². The molecule has 0 aliphatic rings. The van der Waals surface area contributed by atoms with Gasteiger partial charge in [0.1, 0.15) is 5.60 Å². The number of carbonyl (C=O) groups excluding carboxylic acids is 1. The minimum Gasteiger partial charge on any atom is -0.366 e. The van der Waals surface area contributed by atoms with Gasteiger partial charge in [0.05, 0.1) is 12.2 Å². The number of pyridine rings is 1. The van der Waals surface area contributed by atoms with E-state index in [0.717, 1.165) is 11.1 Å². The van der Waals surface area contributed by atoms with Crippen LogP contribution in [0.4, 0.5) is 0 Å². The summed E-state index contributed by atoms with van der Waals surface area (Å²) in [6.45, 7) is 6.23. The van der Waals surface area contributed by atoms with Crippen LogP contribution in [0.1, 0.15) is 26.5 Å². The van der Waals surface area contributed by atoms with E-state index in [0.29, 0.717) is 18.8 Å². The normalized spacial score (nSPS) is 11.7. The Kier molecular flexibility index (Phi) is 3.80. The van der Waals surface area contributed by atoms with Crippen LogP contribution in [0.25, 0.3) is 11.0 Å². The lowest BCUT2D eigenvalue weighted by atomic mass is 10.1. The molecule has 6 heteroatoms. The van der Waals surface area contributed by atoms with Gasteiger partial charge in [-0.3, -0.25) is 9.89 Å². The predicted molar refractivity (Wildman–Crippen MR) is 71.4 cm³/mol. The minimum absolute atomic E-state index is 0.152. The summed E-state index contributed by atoms with van der Waals surface area (Å²) in [5.74, 6) is -0.152. The summed E-state index contributed by atoms with van der Waals surface area (Å²) in [6, 6.07) is 3.76. The van der Waals surface area contributed by atoms with Crippen molar-refractivity contribution in [1.82, 2.24) is 20.5 Å². The molecule has 2 aromatic rings. The second-order valence-corrected chi connectivity index (χ2v) is 4.70. The Labute approximate surface area is 111 Å². The Bertz CT molecular complexity index is 577. The van der Waals surface area contributed by atoms with Crippen molar-refractivity contribution < 1.29 is 9.53 Å². The number of carbonyl (C=O) groups is 1. The Balaban J connectivity index is 2.05. The first-order valence-corrected chi connectivity index (χ1v) is 6.25. The van der Waals surface area contributed by atoms with Gasteiger partial charge in [0.15, 0.2) is 5.65 Å². The molecule has 2 N–H and O–H groups in total. The number of amides is 1. The predicted octanol–water partition coefficient (Wildman–Crippen LogP) is 1.39. The molecule has 2 aromatic heterocycles. The summed E-state index contributed by atoms with van der Waals surface area (Å²) in [7, 11) is 0. The van der Waals surface area contributed by atoms with Crippen LogP contribution in [-0.4, -0.2) is 33.3 Å². The fourth-order valence-corrected chi connectivity index (χ4v) is 1.84. The van der Waals surface area contributed by atoms with Crippen molar-refractivity contribution in [1.29, 1.82) is 0 Å². The maximum atomic E-state index is 12.0. The maximum absolute atomic E-state index is 12.0. The number of hydrogen-bond donors (Lipinski definition) is 2. The highest BCUT2D eigenvalue weighted by atomic mass is 16.5. The van der Waals surface area contributed by atoms with Gasteiger partial charge in [0.2, 0.25) is 0 Å². The summed E-state index contributed by atoms with van der Waals surface area (Å²) in [6.07, 6.45) is 1.68. The summed E-state index contributed by atoms with van der Waals surface area (Å²) in [5, 5.41) is 10.7. The van der Waals surface area contributed by atoms with Gasteiger partial charge in [-0.15, -0.1) is 0 Å². The molecule has 2 rings (SSSR count). The zero-order valence-electron chi connectivity index (χ0n) is 11.4. The van der Waals surface area contributed by atoms with Gasteiger partial charge in [-0.2, -0.15) is 5.10 Å². The fourth-order valence-electron chi connectivity index (χ4n) is 1.84.